The van der Waals surface area contributed by atoms with Crippen molar-refractivity contribution in [1.82, 2.24) is 5.43 Å². The van der Waals surface area contributed by atoms with Gasteiger partial charge in [0.25, 0.3) is 0 Å². The van der Waals surface area contributed by atoms with Crippen LogP contribution in [0.15, 0.2) is 63.6 Å². The second-order valence-corrected chi connectivity index (χ2v) is 6.56. The van der Waals surface area contributed by atoms with Gasteiger partial charge in [0.05, 0.1) is 24.4 Å². The Morgan fingerprint density at radius 1 is 1.10 bits per heavy atom. The maximum Gasteiger partial charge on any atom is 0.352 e. The van der Waals surface area contributed by atoms with Crippen LogP contribution in [0.4, 0.5) is 5.69 Å². The Morgan fingerprint density at radius 2 is 1.86 bits per heavy atom. The van der Waals surface area contributed by atoms with Gasteiger partial charge in [-0.1, -0.05) is 41.9 Å². The zero-order valence-corrected chi connectivity index (χ0v) is 15.9. The van der Waals surface area contributed by atoms with Crippen molar-refractivity contribution in [2.24, 2.45) is 15.1 Å². The van der Waals surface area contributed by atoms with E-state index in [4.69, 9.17) is 16.7 Å². The molecule has 0 bridgehead atoms. The first-order valence-corrected chi connectivity index (χ1v) is 9.07. The average Bonchev–Trinajstić information content (AvgIpc) is 2.87. The number of hydrazone groups is 1. The average molecular weight is 413 g/mol. The topological polar surface area (TPSA) is 124 Å². The number of carboxylic acids is 2. The number of nitrogens with one attached hydrogen (secondary N) is 1. The number of rotatable bonds is 6. The lowest BCUT2D eigenvalue weighted by Gasteiger charge is -2.08. The molecule has 0 aromatic heterocycles. The molecule has 0 atom stereocenters. The third-order valence-electron chi connectivity index (χ3n) is 4.05. The van der Waals surface area contributed by atoms with Crippen molar-refractivity contribution in [2.45, 2.75) is 12.8 Å². The molecule has 0 saturated carbocycles. The fourth-order valence-corrected chi connectivity index (χ4v) is 2.86. The van der Waals surface area contributed by atoms with Gasteiger partial charge in [-0.05, 0) is 18.2 Å². The van der Waals surface area contributed by atoms with E-state index in [1.807, 2.05) is 30.3 Å². The highest BCUT2D eigenvalue weighted by Gasteiger charge is 2.17. The number of fused-ring (bicyclic) bond motifs is 1. The molecule has 0 amide bonds. The fraction of sp³-hybridized carbons (Fsp3) is 0.150. The van der Waals surface area contributed by atoms with Gasteiger partial charge in [-0.15, -0.1) is 0 Å². The van der Waals surface area contributed by atoms with Gasteiger partial charge >= 0.3 is 11.9 Å². The summed E-state index contributed by atoms with van der Waals surface area (Å²) in [7, 11) is 0. The molecule has 29 heavy (non-hydrogen) atoms. The van der Waals surface area contributed by atoms with Crippen molar-refractivity contribution in [2.75, 3.05) is 6.54 Å². The standard InChI is InChI=1S/C20H17ClN4O4/c21-13-6-7-15-14(10-13)19(12-4-2-1-3-5-12)22-11-17(23-15)25-24-16(20(28)29)8-9-18(26)27/h1-7,10H,8-9,11H2,(H,23,25)(H,26,27)(H,28,29)/b24-16-. The highest BCUT2D eigenvalue weighted by atomic mass is 35.5. The summed E-state index contributed by atoms with van der Waals surface area (Å²) in [4.78, 5) is 31.1. The van der Waals surface area contributed by atoms with E-state index in [1.54, 1.807) is 18.2 Å². The maximum atomic E-state index is 11.3. The van der Waals surface area contributed by atoms with Gasteiger partial charge in [-0.2, -0.15) is 5.10 Å². The number of carbonyl (C=O) groups is 2. The smallest absolute Gasteiger partial charge is 0.352 e. The highest BCUT2D eigenvalue weighted by Crippen LogP contribution is 2.28. The zero-order valence-electron chi connectivity index (χ0n) is 15.2. The molecule has 2 aromatic rings. The lowest BCUT2D eigenvalue weighted by molar-refractivity contribution is -0.136. The Bertz CT molecular complexity index is 1030. The van der Waals surface area contributed by atoms with Crippen molar-refractivity contribution in [3.63, 3.8) is 0 Å². The third-order valence-corrected chi connectivity index (χ3v) is 4.28. The summed E-state index contributed by atoms with van der Waals surface area (Å²) in [5.74, 6) is -2.07. The molecular formula is C20H17ClN4O4. The van der Waals surface area contributed by atoms with Gasteiger partial charge < -0.3 is 10.2 Å². The Morgan fingerprint density at radius 3 is 2.55 bits per heavy atom. The Labute approximate surface area is 171 Å². The number of hydrogen-bond donors (Lipinski definition) is 3. The molecule has 2 aromatic carbocycles. The van der Waals surface area contributed by atoms with Crippen LogP contribution in [0, 0.1) is 0 Å². The van der Waals surface area contributed by atoms with Crippen LogP contribution in [0.5, 0.6) is 0 Å². The van der Waals surface area contributed by atoms with E-state index in [-0.39, 0.29) is 25.1 Å². The number of aliphatic carboxylic acids is 2. The number of benzene rings is 2. The first kappa shape index (κ1) is 20.2. The van der Waals surface area contributed by atoms with Crippen molar-refractivity contribution < 1.29 is 19.8 Å². The van der Waals surface area contributed by atoms with Crippen LogP contribution >= 0.6 is 11.6 Å². The van der Waals surface area contributed by atoms with Crippen LogP contribution < -0.4 is 5.43 Å². The minimum atomic E-state index is -1.30. The number of halogens is 1. The molecular weight excluding hydrogens is 396 g/mol. The normalized spacial score (nSPS) is 13.6. The van der Waals surface area contributed by atoms with E-state index in [1.165, 1.54) is 0 Å². The summed E-state index contributed by atoms with van der Waals surface area (Å²) < 4.78 is 0. The second-order valence-electron chi connectivity index (χ2n) is 6.12. The molecule has 0 radical (unpaired) electrons. The Kier molecular flexibility index (Phi) is 6.36. The van der Waals surface area contributed by atoms with Gasteiger partial charge in [-0.25, -0.2) is 9.79 Å². The van der Waals surface area contributed by atoms with Crippen molar-refractivity contribution >= 4 is 46.5 Å². The first-order chi connectivity index (χ1) is 13.9. The summed E-state index contributed by atoms with van der Waals surface area (Å²) in [6.07, 6.45) is -0.549. The molecule has 1 heterocycles. The molecule has 1 aliphatic heterocycles. The second kappa shape index (κ2) is 9.11. The van der Waals surface area contributed by atoms with Crippen LogP contribution in [0.3, 0.4) is 0 Å². The number of hydrogen-bond acceptors (Lipinski definition) is 6. The van der Waals surface area contributed by atoms with E-state index in [2.05, 4.69) is 20.5 Å². The van der Waals surface area contributed by atoms with Gasteiger partial charge in [0, 0.05) is 22.6 Å². The molecule has 3 rings (SSSR count). The van der Waals surface area contributed by atoms with Gasteiger partial charge in [0.2, 0.25) is 0 Å². The number of carboxylic acid groups (broad SMARTS) is 2. The minimum Gasteiger partial charge on any atom is -0.481 e. The summed E-state index contributed by atoms with van der Waals surface area (Å²) >= 11 is 6.16. The molecule has 0 saturated heterocycles. The number of aliphatic imine (C=N–C) groups is 2. The highest BCUT2D eigenvalue weighted by molar-refractivity contribution is 6.36. The molecule has 0 fully saturated rings. The van der Waals surface area contributed by atoms with Crippen molar-refractivity contribution in [3.05, 3.63) is 64.7 Å². The van der Waals surface area contributed by atoms with E-state index < -0.39 is 11.9 Å². The summed E-state index contributed by atoms with van der Waals surface area (Å²) in [5, 5.41) is 22.3. The quantitative estimate of drug-likeness (QED) is 0.496. The lowest BCUT2D eigenvalue weighted by atomic mass is 10.0. The summed E-state index contributed by atoms with van der Waals surface area (Å²) in [6.45, 7) is 0.131. The van der Waals surface area contributed by atoms with E-state index in [9.17, 15) is 14.7 Å². The lowest BCUT2D eigenvalue weighted by Crippen LogP contribution is -2.25. The fourth-order valence-electron chi connectivity index (χ4n) is 2.69. The van der Waals surface area contributed by atoms with Gasteiger partial charge in [0.15, 0.2) is 0 Å². The van der Waals surface area contributed by atoms with Crippen LogP contribution in [-0.4, -0.2) is 46.0 Å². The molecule has 148 valence electrons. The monoisotopic (exact) mass is 412 g/mol. The SMILES string of the molecule is O=C(O)CC/C(=N/NC1=Nc2ccc(Cl)cc2C(c2ccccc2)=NC1)C(=O)O. The van der Waals surface area contributed by atoms with Crippen LogP contribution in [0.2, 0.25) is 5.02 Å². The van der Waals surface area contributed by atoms with Crippen molar-refractivity contribution in [1.29, 1.82) is 0 Å². The molecule has 9 heteroatoms. The van der Waals surface area contributed by atoms with E-state index in [0.717, 1.165) is 11.1 Å². The molecule has 3 N–H and O–H groups in total. The van der Waals surface area contributed by atoms with Crippen LogP contribution in [-0.2, 0) is 9.59 Å². The first-order valence-electron chi connectivity index (χ1n) is 8.69. The van der Waals surface area contributed by atoms with Crippen molar-refractivity contribution in [3.8, 4) is 0 Å². The number of amidine groups is 1. The zero-order chi connectivity index (χ0) is 20.8. The summed E-state index contributed by atoms with van der Waals surface area (Å²) in [6, 6.07) is 14.8. The molecule has 8 nitrogen and oxygen atoms in total. The molecule has 0 spiro atoms. The minimum absolute atomic E-state index is 0.131. The molecule has 1 aliphatic rings. The van der Waals surface area contributed by atoms with Crippen LogP contribution in [0.25, 0.3) is 0 Å². The molecule has 0 aliphatic carbocycles. The Hall–Kier alpha value is -3.52. The van der Waals surface area contributed by atoms with Gasteiger partial charge in [-0.3, -0.25) is 15.2 Å². The van der Waals surface area contributed by atoms with E-state index in [0.29, 0.717) is 22.3 Å². The van der Waals surface area contributed by atoms with E-state index >= 15 is 0 Å². The Balaban J connectivity index is 1.93. The predicted octanol–water partition coefficient (Wildman–Crippen LogP) is 3.12. The maximum absolute atomic E-state index is 11.3. The molecule has 0 unspecified atom stereocenters. The number of nitrogens with zero attached hydrogens (tertiary/aromatic N) is 3. The largest absolute Gasteiger partial charge is 0.481 e. The summed E-state index contributed by atoms with van der Waals surface area (Å²) in [5.41, 5.74) is 5.26. The predicted molar refractivity (Wildman–Crippen MR) is 111 cm³/mol. The van der Waals surface area contributed by atoms with Crippen LogP contribution in [0.1, 0.15) is 24.0 Å². The van der Waals surface area contributed by atoms with Gasteiger partial charge in [0.1, 0.15) is 11.5 Å². The third kappa shape index (κ3) is 5.26.